The van der Waals surface area contributed by atoms with Crippen molar-refractivity contribution in [3.05, 3.63) is 54.1 Å². The van der Waals surface area contributed by atoms with E-state index in [1.807, 2.05) is 18.2 Å². The first-order chi connectivity index (χ1) is 12.3. The molecule has 0 amide bonds. The second-order valence-corrected chi connectivity index (χ2v) is 7.17. The molecule has 2 aliphatic rings. The molecular weight excluding hydrogens is 312 g/mol. The SMILES string of the molecule is Oc1ccccc1C1(COc2ccc(N3CCNCC3)cc2)CCC1. The number of anilines is 1. The molecule has 0 radical (unpaired) electrons. The van der Waals surface area contributed by atoms with Gasteiger partial charge >= 0.3 is 0 Å². The van der Waals surface area contributed by atoms with E-state index in [2.05, 4.69) is 34.5 Å². The molecule has 2 aromatic rings. The summed E-state index contributed by atoms with van der Waals surface area (Å²) in [5.74, 6) is 1.29. The van der Waals surface area contributed by atoms with Crippen molar-refractivity contribution in [2.45, 2.75) is 24.7 Å². The molecule has 132 valence electrons. The van der Waals surface area contributed by atoms with Crippen molar-refractivity contribution in [3.8, 4) is 11.5 Å². The zero-order valence-corrected chi connectivity index (χ0v) is 14.6. The van der Waals surface area contributed by atoms with Gasteiger partial charge in [0.25, 0.3) is 0 Å². The minimum atomic E-state index is -0.0391. The molecule has 1 aliphatic heterocycles. The molecule has 1 aliphatic carbocycles. The maximum atomic E-state index is 10.2. The topological polar surface area (TPSA) is 44.7 Å². The number of para-hydroxylation sites is 1. The molecule has 1 heterocycles. The third kappa shape index (κ3) is 3.31. The molecule has 25 heavy (non-hydrogen) atoms. The van der Waals surface area contributed by atoms with E-state index in [0.717, 1.165) is 50.3 Å². The lowest BCUT2D eigenvalue weighted by atomic mass is 9.65. The molecule has 2 aromatic carbocycles. The van der Waals surface area contributed by atoms with Gasteiger partial charge in [-0.1, -0.05) is 24.6 Å². The first-order valence-electron chi connectivity index (χ1n) is 9.24. The summed E-state index contributed by atoms with van der Waals surface area (Å²) in [7, 11) is 0. The lowest BCUT2D eigenvalue weighted by molar-refractivity contribution is 0.133. The fourth-order valence-electron chi connectivity index (χ4n) is 3.91. The summed E-state index contributed by atoms with van der Waals surface area (Å²) in [6.45, 7) is 4.81. The normalized spacial score (nSPS) is 19.3. The third-order valence-electron chi connectivity index (χ3n) is 5.62. The molecule has 4 rings (SSSR count). The molecule has 4 nitrogen and oxygen atoms in total. The van der Waals surface area contributed by atoms with E-state index >= 15 is 0 Å². The molecule has 1 saturated carbocycles. The average Bonchev–Trinajstić information content (AvgIpc) is 2.63. The van der Waals surface area contributed by atoms with Crippen LogP contribution in [0.25, 0.3) is 0 Å². The van der Waals surface area contributed by atoms with E-state index in [-0.39, 0.29) is 5.41 Å². The number of nitrogens with zero attached hydrogens (tertiary/aromatic N) is 1. The summed E-state index contributed by atoms with van der Waals surface area (Å²) >= 11 is 0. The third-order valence-corrected chi connectivity index (χ3v) is 5.62. The number of phenols is 1. The van der Waals surface area contributed by atoms with Gasteiger partial charge in [0.15, 0.2) is 0 Å². The van der Waals surface area contributed by atoms with Gasteiger partial charge in [-0.2, -0.15) is 0 Å². The zero-order chi connectivity index (χ0) is 17.1. The van der Waals surface area contributed by atoms with Crippen LogP contribution in [0.5, 0.6) is 11.5 Å². The number of hydrogen-bond acceptors (Lipinski definition) is 4. The zero-order valence-electron chi connectivity index (χ0n) is 14.6. The van der Waals surface area contributed by atoms with E-state index < -0.39 is 0 Å². The molecule has 0 unspecified atom stereocenters. The molecular formula is C21H26N2O2. The Morgan fingerprint density at radius 2 is 1.72 bits per heavy atom. The Kier molecular flexibility index (Phi) is 4.53. The summed E-state index contributed by atoms with van der Waals surface area (Å²) in [6, 6.07) is 16.1. The second-order valence-electron chi connectivity index (χ2n) is 7.17. The molecule has 1 saturated heterocycles. The number of nitrogens with one attached hydrogen (secondary N) is 1. The van der Waals surface area contributed by atoms with E-state index in [1.165, 1.54) is 12.1 Å². The van der Waals surface area contributed by atoms with Crippen LogP contribution in [0, 0.1) is 0 Å². The maximum absolute atomic E-state index is 10.2. The van der Waals surface area contributed by atoms with Gasteiger partial charge in [0, 0.05) is 42.8 Å². The maximum Gasteiger partial charge on any atom is 0.119 e. The molecule has 2 fully saturated rings. The van der Waals surface area contributed by atoms with Crippen molar-refractivity contribution in [3.63, 3.8) is 0 Å². The largest absolute Gasteiger partial charge is 0.508 e. The number of benzene rings is 2. The highest BCUT2D eigenvalue weighted by Gasteiger charge is 2.41. The van der Waals surface area contributed by atoms with Crippen molar-refractivity contribution >= 4 is 5.69 Å². The van der Waals surface area contributed by atoms with Crippen LogP contribution in [0.2, 0.25) is 0 Å². The highest BCUT2D eigenvalue weighted by atomic mass is 16.5. The van der Waals surface area contributed by atoms with Crippen molar-refractivity contribution in [1.29, 1.82) is 0 Å². The minimum Gasteiger partial charge on any atom is -0.508 e. The van der Waals surface area contributed by atoms with Gasteiger partial charge < -0.3 is 20.1 Å². The Bertz CT molecular complexity index is 704. The number of hydrogen-bond donors (Lipinski definition) is 2. The second kappa shape index (κ2) is 6.96. The monoisotopic (exact) mass is 338 g/mol. The van der Waals surface area contributed by atoms with Gasteiger partial charge in [-0.05, 0) is 43.2 Å². The van der Waals surface area contributed by atoms with Crippen molar-refractivity contribution in [1.82, 2.24) is 5.32 Å². The van der Waals surface area contributed by atoms with Crippen molar-refractivity contribution in [2.24, 2.45) is 0 Å². The number of rotatable bonds is 5. The average molecular weight is 338 g/mol. The Morgan fingerprint density at radius 1 is 1.00 bits per heavy atom. The van der Waals surface area contributed by atoms with Crippen LogP contribution in [0.15, 0.2) is 48.5 Å². The molecule has 4 heteroatoms. The van der Waals surface area contributed by atoms with Crippen molar-refractivity contribution < 1.29 is 9.84 Å². The van der Waals surface area contributed by atoms with Crippen LogP contribution < -0.4 is 15.0 Å². The number of ether oxygens (including phenoxy) is 1. The summed E-state index contributed by atoms with van der Waals surface area (Å²) in [4.78, 5) is 2.40. The molecule has 0 bridgehead atoms. The lowest BCUT2D eigenvalue weighted by Gasteiger charge is -2.42. The Labute approximate surface area is 149 Å². The summed E-state index contributed by atoms with van der Waals surface area (Å²) in [5.41, 5.74) is 2.24. The fraction of sp³-hybridized carbons (Fsp3) is 0.429. The predicted octanol–water partition coefficient (Wildman–Crippen LogP) is 3.30. The van der Waals surface area contributed by atoms with Gasteiger partial charge in [-0.3, -0.25) is 0 Å². The quantitative estimate of drug-likeness (QED) is 0.878. The van der Waals surface area contributed by atoms with Crippen LogP contribution in [-0.4, -0.2) is 37.9 Å². The van der Waals surface area contributed by atoms with Gasteiger partial charge in [0.1, 0.15) is 11.5 Å². The first-order valence-corrected chi connectivity index (χ1v) is 9.24. The molecule has 0 aromatic heterocycles. The van der Waals surface area contributed by atoms with Crippen LogP contribution in [0.1, 0.15) is 24.8 Å². The van der Waals surface area contributed by atoms with E-state index in [1.54, 1.807) is 6.07 Å². The molecule has 0 atom stereocenters. The van der Waals surface area contributed by atoms with Gasteiger partial charge in [0.05, 0.1) is 6.61 Å². The Hall–Kier alpha value is -2.20. The minimum absolute atomic E-state index is 0.0391. The molecule has 0 spiro atoms. The van der Waals surface area contributed by atoms with E-state index in [4.69, 9.17) is 4.74 Å². The fourth-order valence-corrected chi connectivity index (χ4v) is 3.91. The highest BCUT2D eigenvalue weighted by molar-refractivity contribution is 5.49. The Balaban J connectivity index is 1.43. The number of piperazine rings is 1. The van der Waals surface area contributed by atoms with Gasteiger partial charge in [-0.15, -0.1) is 0 Å². The number of phenolic OH excluding ortho intramolecular Hbond substituents is 1. The summed E-state index contributed by atoms with van der Waals surface area (Å²) in [5, 5.41) is 13.6. The summed E-state index contributed by atoms with van der Waals surface area (Å²) in [6.07, 6.45) is 3.34. The highest BCUT2D eigenvalue weighted by Crippen LogP contribution is 2.47. The van der Waals surface area contributed by atoms with Crippen LogP contribution >= 0.6 is 0 Å². The van der Waals surface area contributed by atoms with Crippen LogP contribution in [0.4, 0.5) is 5.69 Å². The Morgan fingerprint density at radius 3 is 2.36 bits per heavy atom. The predicted molar refractivity (Wildman–Crippen MR) is 101 cm³/mol. The van der Waals surface area contributed by atoms with Crippen LogP contribution in [-0.2, 0) is 5.41 Å². The lowest BCUT2D eigenvalue weighted by Crippen LogP contribution is -2.43. The van der Waals surface area contributed by atoms with Crippen molar-refractivity contribution in [2.75, 3.05) is 37.7 Å². The first kappa shape index (κ1) is 16.3. The standard InChI is InChI=1S/C21H26N2O2/c24-20-5-2-1-4-19(20)21(10-3-11-21)16-25-18-8-6-17(7-9-18)23-14-12-22-13-15-23/h1-2,4-9,22,24H,3,10-16H2. The van der Waals surface area contributed by atoms with Gasteiger partial charge in [-0.25, -0.2) is 0 Å². The van der Waals surface area contributed by atoms with Gasteiger partial charge in [0.2, 0.25) is 0 Å². The molecule has 2 N–H and O–H groups in total. The smallest absolute Gasteiger partial charge is 0.119 e. The number of aromatic hydroxyl groups is 1. The summed E-state index contributed by atoms with van der Waals surface area (Å²) < 4.78 is 6.12. The van der Waals surface area contributed by atoms with Crippen LogP contribution in [0.3, 0.4) is 0 Å². The van der Waals surface area contributed by atoms with E-state index in [9.17, 15) is 5.11 Å². The van der Waals surface area contributed by atoms with E-state index in [0.29, 0.717) is 12.4 Å².